The van der Waals surface area contributed by atoms with Crippen LogP contribution in [0.1, 0.15) is 11.3 Å². The summed E-state index contributed by atoms with van der Waals surface area (Å²) in [5.41, 5.74) is 3.91. The van der Waals surface area contributed by atoms with Gasteiger partial charge in [-0.3, -0.25) is 4.79 Å². The Morgan fingerprint density at radius 3 is 2.50 bits per heavy atom. The summed E-state index contributed by atoms with van der Waals surface area (Å²) >= 11 is 1.35. The normalized spacial score (nSPS) is 10.9. The van der Waals surface area contributed by atoms with Crippen molar-refractivity contribution in [3.8, 4) is 17.1 Å². The third-order valence-corrected chi connectivity index (χ3v) is 5.60. The fraction of sp³-hybridized carbons (Fsp3) is 0.182. The molecule has 0 unspecified atom stereocenters. The molecule has 0 spiro atoms. The Morgan fingerprint density at radius 1 is 1.03 bits per heavy atom. The molecular formula is C22H22N6OS. The lowest BCUT2D eigenvalue weighted by molar-refractivity contribution is -0.113. The minimum absolute atomic E-state index is 0.128. The van der Waals surface area contributed by atoms with Crippen LogP contribution in [-0.4, -0.2) is 36.2 Å². The number of anilines is 1. The number of carbonyl (C=O) groups is 1. The van der Waals surface area contributed by atoms with Gasteiger partial charge < -0.3 is 9.88 Å². The minimum Gasteiger partial charge on any atom is -0.310 e. The van der Waals surface area contributed by atoms with Crippen LogP contribution in [0.4, 0.5) is 5.82 Å². The van der Waals surface area contributed by atoms with E-state index in [4.69, 9.17) is 0 Å². The van der Waals surface area contributed by atoms with E-state index in [9.17, 15) is 4.79 Å². The molecule has 0 saturated carbocycles. The molecule has 0 aliphatic rings. The summed E-state index contributed by atoms with van der Waals surface area (Å²) in [6, 6.07) is 19.7. The zero-order valence-corrected chi connectivity index (χ0v) is 17.8. The summed E-state index contributed by atoms with van der Waals surface area (Å²) in [4.78, 5) is 12.6. The zero-order valence-electron chi connectivity index (χ0n) is 17.0. The number of hydrogen-bond donors (Lipinski definition) is 1. The first-order chi connectivity index (χ1) is 14.5. The number of aromatic nitrogens is 5. The second kappa shape index (κ2) is 8.54. The van der Waals surface area contributed by atoms with Crippen molar-refractivity contribution in [2.45, 2.75) is 19.0 Å². The molecule has 2 aromatic carbocycles. The number of nitrogens with zero attached hydrogens (tertiary/aromatic N) is 5. The molecule has 2 heterocycles. The maximum absolute atomic E-state index is 12.6. The van der Waals surface area contributed by atoms with E-state index in [0.717, 1.165) is 22.8 Å². The smallest absolute Gasteiger partial charge is 0.236 e. The van der Waals surface area contributed by atoms with E-state index >= 15 is 0 Å². The topological polar surface area (TPSA) is 77.6 Å². The minimum atomic E-state index is -0.128. The van der Waals surface area contributed by atoms with Gasteiger partial charge in [0, 0.05) is 18.7 Å². The number of aryl methyl sites for hydroxylation is 2. The Labute approximate surface area is 179 Å². The van der Waals surface area contributed by atoms with Crippen LogP contribution in [0.25, 0.3) is 17.1 Å². The lowest BCUT2D eigenvalue weighted by atomic mass is 10.1. The van der Waals surface area contributed by atoms with Crippen molar-refractivity contribution in [3.05, 3.63) is 71.9 Å². The van der Waals surface area contributed by atoms with Crippen molar-refractivity contribution in [2.24, 2.45) is 7.05 Å². The molecule has 0 atom stereocenters. The lowest BCUT2D eigenvalue weighted by Gasteiger charge is -2.09. The van der Waals surface area contributed by atoms with Gasteiger partial charge in [-0.1, -0.05) is 59.8 Å². The number of carbonyl (C=O) groups excluding carboxylic acids is 1. The van der Waals surface area contributed by atoms with Crippen LogP contribution in [0.3, 0.4) is 0 Å². The van der Waals surface area contributed by atoms with Crippen molar-refractivity contribution in [1.29, 1.82) is 0 Å². The number of nitrogens with one attached hydrogen (secondary N) is 1. The van der Waals surface area contributed by atoms with E-state index in [1.54, 1.807) is 4.68 Å². The van der Waals surface area contributed by atoms with Crippen LogP contribution in [-0.2, 0) is 11.8 Å². The van der Waals surface area contributed by atoms with Crippen molar-refractivity contribution in [2.75, 3.05) is 11.1 Å². The average Bonchev–Trinajstić information content (AvgIpc) is 3.30. The molecular weight excluding hydrogens is 396 g/mol. The number of hydrogen-bond acceptors (Lipinski definition) is 5. The van der Waals surface area contributed by atoms with E-state index in [0.29, 0.717) is 11.0 Å². The summed E-state index contributed by atoms with van der Waals surface area (Å²) < 4.78 is 3.64. The van der Waals surface area contributed by atoms with Crippen LogP contribution in [0.5, 0.6) is 0 Å². The number of para-hydroxylation sites is 1. The van der Waals surface area contributed by atoms with E-state index in [1.807, 2.05) is 86.1 Å². The molecule has 8 heteroatoms. The molecule has 0 saturated heterocycles. The van der Waals surface area contributed by atoms with Crippen LogP contribution in [0, 0.1) is 13.8 Å². The van der Waals surface area contributed by atoms with Crippen LogP contribution >= 0.6 is 11.8 Å². The second-order valence-corrected chi connectivity index (χ2v) is 7.93. The quantitative estimate of drug-likeness (QED) is 0.479. The Balaban J connectivity index is 1.44. The van der Waals surface area contributed by atoms with Gasteiger partial charge in [-0.15, -0.1) is 10.2 Å². The molecule has 1 N–H and O–H groups in total. The predicted octanol–water partition coefficient (Wildman–Crippen LogP) is 4.02. The fourth-order valence-corrected chi connectivity index (χ4v) is 3.77. The van der Waals surface area contributed by atoms with Gasteiger partial charge in [0.2, 0.25) is 5.91 Å². The highest BCUT2D eigenvalue weighted by molar-refractivity contribution is 7.99. The summed E-state index contributed by atoms with van der Waals surface area (Å²) in [6.07, 6.45) is 0. The Kier molecular flexibility index (Phi) is 5.67. The van der Waals surface area contributed by atoms with Gasteiger partial charge in [-0.2, -0.15) is 5.10 Å². The second-order valence-electron chi connectivity index (χ2n) is 6.99. The maximum Gasteiger partial charge on any atom is 0.236 e. The molecule has 2 aromatic heterocycles. The summed E-state index contributed by atoms with van der Waals surface area (Å²) in [5, 5.41) is 16.6. The van der Waals surface area contributed by atoms with E-state index in [-0.39, 0.29) is 11.7 Å². The van der Waals surface area contributed by atoms with E-state index < -0.39 is 0 Å². The van der Waals surface area contributed by atoms with Gasteiger partial charge in [0.1, 0.15) is 5.82 Å². The average molecular weight is 419 g/mol. The number of rotatable bonds is 6. The monoisotopic (exact) mass is 418 g/mol. The van der Waals surface area contributed by atoms with Gasteiger partial charge in [-0.25, -0.2) is 4.68 Å². The highest BCUT2D eigenvalue weighted by Gasteiger charge is 2.15. The first kappa shape index (κ1) is 19.9. The summed E-state index contributed by atoms with van der Waals surface area (Å²) in [7, 11) is 1.91. The van der Waals surface area contributed by atoms with Gasteiger partial charge in [0.05, 0.1) is 17.1 Å². The summed E-state index contributed by atoms with van der Waals surface area (Å²) in [6.45, 7) is 3.95. The first-order valence-electron chi connectivity index (χ1n) is 9.52. The van der Waals surface area contributed by atoms with Crippen LogP contribution < -0.4 is 5.32 Å². The fourth-order valence-electron chi connectivity index (χ4n) is 3.06. The van der Waals surface area contributed by atoms with Crippen molar-refractivity contribution in [3.63, 3.8) is 0 Å². The Morgan fingerprint density at radius 2 is 1.77 bits per heavy atom. The molecule has 1 amide bonds. The highest BCUT2D eigenvalue weighted by Crippen LogP contribution is 2.23. The SMILES string of the molecule is Cc1ccc(-c2nnc(SCC(=O)Nc3cc(C)nn3-c3ccccc3)n2C)cc1. The molecule has 0 aliphatic carbocycles. The standard InChI is InChI=1S/C22H22N6OS/c1-15-9-11-17(12-10-15)21-24-25-22(27(21)3)30-14-20(29)23-19-13-16(2)26-28(19)18-7-5-4-6-8-18/h4-13H,14H2,1-3H3,(H,23,29). The Bertz CT molecular complexity index is 1160. The molecule has 30 heavy (non-hydrogen) atoms. The third-order valence-electron chi connectivity index (χ3n) is 4.58. The maximum atomic E-state index is 12.6. The van der Waals surface area contributed by atoms with E-state index in [1.165, 1.54) is 17.3 Å². The highest BCUT2D eigenvalue weighted by atomic mass is 32.2. The van der Waals surface area contributed by atoms with Crippen molar-refractivity contribution in [1.82, 2.24) is 24.5 Å². The van der Waals surface area contributed by atoms with Crippen molar-refractivity contribution < 1.29 is 4.79 Å². The molecule has 7 nitrogen and oxygen atoms in total. The van der Waals surface area contributed by atoms with Crippen LogP contribution in [0.2, 0.25) is 0 Å². The van der Waals surface area contributed by atoms with Gasteiger partial charge in [0.25, 0.3) is 0 Å². The number of benzene rings is 2. The third kappa shape index (κ3) is 4.28. The van der Waals surface area contributed by atoms with Gasteiger partial charge in [0.15, 0.2) is 11.0 Å². The zero-order chi connectivity index (χ0) is 21.1. The number of thioether (sulfide) groups is 1. The molecule has 0 bridgehead atoms. The molecule has 4 aromatic rings. The van der Waals surface area contributed by atoms with Crippen LogP contribution in [0.15, 0.2) is 65.8 Å². The predicted molar refractivity (Wildman–Crippen MR) is 119 cm³/mol. The van der Waals surface area contributed by atoms with Crippen molar-refractivity contribution >= 4 is 23.5 Å². The molecule has 0 radical (unpaired) electrons. The lowest BCUT2D eigenvalue weighted by Crippen LogP contribution is -2.17. The molecule has 152 valence electrons. The van der Waals surface area contributed by atoms with Gasteiger partial charge >= 0.3 is 0 Å². The van der Waals surface area contributed by atoms with E-state index in [2.05, 4.69) is 20.6 Å². The summed E-state index contributed by atoms with van der Waals surface area (Å²) in [5.74, 6) is 1.51. The number of amides is 1. The molecule has 4 rings (SSSR count). The molecule has 0 aliphatic heterocycles. The Hall–Kier alpha value is -3.39. The molecule has 0 fully saturated rings. The largest absolute Gasteiger partial charge is 0.310 e. The first-order valence-corrected chi connectivity index (χ1v) is 10.5. The van der Waals surface area contributed by atoms with Gasteiger partial charge in [-0.05, 0) is 26.0 Å².